The Kier molecular flexibility index (Phi) is 8.35. The minimum absolute atomic E-state index is 0.0493. The SMILES string of the molecule is Cc1noc(C)c1S(=O)(=O)Nc1ccc2c(c1)C(=O)N([C@@H](C)CO)C[C@@H](C)[C@H](CN(C)Cc1ccc3c(c1)OCO3)O2. The minimum atomic E-state index is -4.03. The maximum atomic E-state index is 13.8. The largest absolute Gasteiger partial charge is 0.488 e. The minimum Gasteiger partial charge on any atom is -0.488 e. The van der Waals surface area contributed by atoms with Gasteiger partial charge in [0, 0.05) is 31.2 Å². The third-order valence-electron chi connectivity index (χ3n) is 7.53. The second kappa shape index (κ2) is 11.8. The summed E-state index contributed by atoms with van der Waals surface area (Å²) in [4.78, 5) is 17.5. The highest BCUT2D eigenvalue weighted by atomic mass is 32.2. The third kappa shape index (κ3) is 6.03. The number of amides is 1. The topological polar surface area (TPSA) is 144 Å². The second-order valence-electron chi connectivity index (χ2n) is 11.0. The van der Waals surface area contributed by atoms with Gasteiger partial charge in [-0.15, -0.1) is 0 Å². The molecule has 3 atom stereocenters. The predicted octanol–water partition coefficient (Wildman–Crippen LogP) is 3.17. The van der Waals surface area contributed by atoms with Crippen molar-refractivity contribution >= 4 is 21.6 Å². The number of ether oxygens (including phenoxy) is 3. The van der Waals surface area contributed by atoms with E-state index in [9.17, 15) is 18.3 Å². The average molecular weight is 601 g/mol. The van der Waals surface area contributed by atoms with Crippen LogP contribution in [0, 0.1) is 19.8 Å². The van der Waals surface area contributed by atoms with Crippen molar-refractivity contribution < 1.29 is 37.1 Å². The van der Waals surface area contributed by atoms with Crippen LogP contribution in [-0.2, 0) is 16.6 Å². The molecule has 0 saturated carbocycles. The third-order valence-corrected chi connectivity index (χ3v) is 9.16. The van der Waals surface area contributed by atoms with Crippen molar-refractivity contribution in [1.82, 2.24) is 15.0 Å². The van der Waals surface area contributed by atoms with Crippen LogP contribution >= 0.6 is 0 Å². The number of anilines is 1. The normalized spacial score (nSPS) is 19.2. The molecule has 2 aliphatic heterocycles. The molecule has 42 heavy (non-hydrogen) atoms. The molecule has 5 rings (SSSR count). The molecule has 1 aromatic heterocycles. The van der Waals surface area contributed by atoms with Gasteiger partial charge in [0.1, 0.15) is 17.5 Å². The molecule has 3 aromatic rings. The Morgan fingerprint density at radius 1 is 1.14 bits per heavy atom. The van der Waals surface area contributed by atoms with Crippen LogP contribution in [0.5, 0.6) is 17.2 Å². The zero-order valence-corrected chi connectivity index (χ0v) is 25.1. The number of aliphatic hydroxyl groups excluding tert-OH is 1. The number of hydrogen-bond acceptors (Lipinski definition) is 10. The number of likely N-dealkylation sites (N-methyl/N-ethyl adjacent to an activating group) is 1. The van der Waals surface area contributed by atoms with Gasteiger partial charge in [0.25, 0.3) is 15.9 Å². The number of rotatable bonds is 9. The summed E-state index contributed by atoms with van der Waals surface area (Å²) in [7, 11) is -2.04. The van der Waals surface area contributed by atoms with Gasteiger partial charge in [-0.25, -0.2) is 8.42 Å². The molecule has 13 heteroatoms. The van der Waals surface area contributed by atoms with Crippen molar-refractivity contribution in [3.8, 4) is 17.2 Å². The first-order chi connectivity index (χ1) is 20.0. The van der Waals surface area contributed by atoms with Gasteiger partial charge in [-0.3, -0.25) is 14.4 Å². The van der Waals surface area contributed by atoms with Gasteiger partial charge >= 0.3 is 0 Å². The van der Waals surface area contributed by atoms with Crippen LogP contribution in [0.4, 0.5) is 5.69 Å². The van der Waals surface area contributed by atoms with Gasteiger partial charge in [0.2, 0.25) is 6.79 Å². The van der Waals surface area contributed by atoms with Gasteiger partial charge in [-0.05, 0) is 63.7 Å². The van der Waals surface area contributed by atoms with Crippen LogP contribution < -0.4 is 18.9 Å². The average Bonchev–Trinajstić information content (AvgIpc) is 3.55. The van der Waals surface area contributed by atoms with E-state index in [1.54, 1.807) is 30.9 Å². The van der Waals surface area contributed by atoms with Gasteiger partial charge in [-0.1, -0.05) is 18.1 Å². The second-order valence-corrected chi connectivity index (χ2v) is 12.6. The lowest BCUT2D eigenvalue weighted by Gasteiger charge is -2.38. The molecule has 2 aliphatic rings. The Labute approximate surface area is 245 Å². The first kappa shape index (κ1) is 29.7. The fraction of sp³-hybridized carbons (Fsp3) is 0.448. The quantitative estimate of drug-likeness (QED) is 0.376. The highest BCUT2D eigenvalue weighted by Crippen LogP contribution is 2.34. The molecule has 0 spiro atoms. The number of carbonyl (C=O) groups is 1. The number of aryl methyl sites for hydroxylation is 2. The van der Waals surface area contributed by atoms with Crippen LogP contribution in [0.2, 0.25) is 0 Å². The van der Waals surface area contributed by atoms with Gasteiger partial charge < -0.3 is 28.7 Å². The van der Waals surface area contributed by atoms with Crippen LogP contribution in [0.3, 0.4) is 0 Å². The molecule has 3 heterocycles. The van der Waals surface area contributed by atoms with Crippen LogP contribution in [0.25, 0.3) is 0 Å². The Bertz CT molecular complexity index is 1550. The van der Waals surface area contributed by atoms with Gasteiger partial charge in [0.05, 0.1) is 18.2 Å². The number of carbonyl (C=O) groups excluding carboxylic acids is 1. The molecular weight excluding hydrogens is 564 g/mol. The summed E-state index contributed by atoms with van der Waals surface area (Å²) >= 11 is 0. The van der Waals surface area contributed by atoms with Crippen molar-refractivity contribution in [3.63, 3.8) is 0 Å². The molecule has 12 nitrogen and oxygen atoms in total. The Balaban J connectivity index is 1.41. The zero-order chi connectivity index (χ0) is 30.2. The van der Waals surface area contributed by atoms with Crippen molar-refractivity contribution in [2.45, 2.75) is 51.3 Å². The van der Waals surface area contributed by atoms with E-state index < -0.39 is 16.1 Å². The van der Waals surface area contributed by atoms with E-state index in [4.69, 9.17) is 18.7 Å². The van der Waals surface area contributed by atoms with E-state index in [-0.39, 0.29) is 58.9 Å². The lowest BCUT2D eigenvalue weighted by Crippen LogP contribution is -2.49. The number of hydrogen-bond donors (Lipinski definition) is 2. The summed E-state index contributed by atoms with van der Waals surface area (Å²) in [6.45, 7) is 8.37. The van der Waals surface area contributed by atoms with Crippen molar-refractivity contribution in [3.05, 3.63) is 59.0 Å². The van der Waals surface area contributed by atoms with Crippen molar-refractivity contribution in [2.24, 2.45) is 5.92 Å². The molecule has 2 N–H and O–H groups in total. The lowest BCUT2D eigenvalue weighted by molar-refractivity contribution is 0.0341. The molecule has 0 fully saturated rings. The summed E-state index contributed by atoms with van der Waals surface area (Å²) < 4.78 is 51.2. The maximum Gasteiger partial charge on any atom is 0.267 e. The molecule has 0 bridgehead atoms. The van der Waals surface area contributed by atoms with Crippen LogP contribution in [0.15, 0.2) is 45.8 Å². The number of sulfonamides is 1. The smallest absolute Gasteiger partial charge is 0.267 e. The van der Waals surface area contributed by atoms with E-state index >= 15 is 0 Å². The van der Waals surface area contributed by atoms with Crippen LogP contribution in [-0.4, -0.2) is 80.1 Å². The van der Waals surface area contributed by atoms with E-state index in [2.05, 4.69) is 14.8 Å². The number of aromatic nitrogens is 1. The molecular formula is C29H36N4O8S. The van der Waals surface area contributed by atoms with Crippen molar-refractivity contribution in [2.75, 3.05) is 38.3 Å². The molecule has 1 amide bonds. The maximum absolute atomic E-state index is 13.8. The summed E-state index contributed by atoms with van der Waals surface area (Å²) in [5, 5.41) is 13.7. The molecule has 0 unspecified atom stereocenters. The molecule has 2 aromatic carbocycles. The van der Waals surface area contributed by atoms with Crippen LogP contribution in [0.1, 0.15) is 41.2 Å². The number of benzene rings is 2. The fourth-order valence-electron chi connectivity index (χ4n) is 5.29. The molecule has 0 saturated heterocycles. The number of nitrogens with one attached hydrogen (secondary N) is 1. The highest BCUT2D eigenvalue weighted by molar-refractivity contribution is 7.92. The van der Waals surface area contributed by atoms with E-state index in [1.807, 2.05) is 32.2 Å². The highest BCUT2D eigenvalue weighted by Gasteiger charge is 2.34. The molecule has 0 radical (unpaired) electrons. The summed E-state index contributed by atoms with van der Waals surface area (Å²) in [6.07, 6.45) is -0.311. The Hall–Kier alpha value is -3.81. The van der Waals surface area contributed by atoms with Gasteiger partial charge in [-0.2, -0.15) is 0 Å². The molecule has 226 valence electrons. The van der Waals surface area contributed by atoms with Crippen molar-refractivity contribution in [1.29, 1.82) is 0 Å². The first-order valence-electron chi connectivity index (χ1n) is 13.7. The first-order valence-corrected chi connectivity index (χ1v) is 15.2. The number of nitrogens with zero attached hydrogens (tertiary/aromatic N) is 3. The standard InChI is InChI=1S/C29H36N4O8S/c1-17-12-33(18(2)15-34)29(35)23-11-22(31-42(36,37)28-19(3)30-41-20(28)4)7-9-24(23)40-27(17)14-32(5)13-21-6-8-25-26(10-21)39-16-38-25/h6-11,17-18,27,31,34H,12-16H2,1-5H3/t17-,18+,27+/m1/s1. The lowest BCUT2D eigenvalue weighted by atomic mass is 9.99. The monoisotopic (exact) mass is 600 g/mol. The summed E-state index contributed by atoms with van der Waals surface area (Å²) in [6, 6.07) is 10.0. The summed E-state index contributed by atoms with van der Waals surface area (Å²) in [5.41, 5.74) is 1.67. The fourth-order valence-corrected chi connectivity index (χ4v) is 6.67. The van der Waals surface area contributed by atoms with E-state index in [0.29, 0.717) is 25.4 Å². The van der Waals surface area contributed by atoms with E-state index in [1.165, 1.54) is 13.0 Å². The summed E-state index contributed by atoms with van der Waals surface area (Å²) in [5.74, 6) is 1.51. The number of fused-ring (bicyclic) bond motifs is 2. The Morgan fingerprint density at radius 3 is 2.60 bits per heavy atom. The number of aliphatic hydroxyl groups is 1. The van der Waals surface area contributed by atoms with E-state index in [0.717, 1.165) is 17.1 Å². The Morgan fingerprint density at radius 2 is 1.88 bits per heavy atom. The van der Waals surface area contributed by atoms with Gasteiger partial charge in [0.15, 0.2) is 22.2 Å². The predicted molar refractivity (Wildman–Crippen MR) is 153 cm³/mol. The molecule has 0 aliphatic carbocycles. The zero-order valence-electron chi connectivity index (χ0n) is 24.3.